The number of rotatable bonds is 9. The predicted molar refractivity (Wildman–Crippen MR) is 137 cm³/mol. The zero-order valence-corrected chi connectivity index (χ0v) is 20.5. The van der Waals surface area contributed by atoms with Gasteiger partial charge in [-0.2, -0.15) is 0 Å². The van der Waals surface area contributed by atoms with E-state index in [2.05, 4.69) is 50.8 Å². The first kappa shape index (κ1) is 24.5. The Morgan fingerprint density at radius 2 is 1.57 bits per heavy atom. The highest BCUT2D eigenvalue weighted by Crippen LogP contribution is 2.44. The summed E-state index contributed by atoms with van der Waals surface area (Å²) in [7, 11) is 0. The number of hydrogen-bond acceptors (Lipinski definition) is 4. The number of benzene rings is 3. The van der Waals surface area contributed by atoms with Crippen molar-refractivity contribution < 1.29 is 24.2 Å². The summed E-state index contributed by atoms with van der Waals surface area (Å²) in [5.74, 6) is -1.21. The summed E-state index contributed by atoms with van der Waals surface area (Å²) in [6.45, 7) is 0.561. The van der Waals surface area contributed by atoms with Crippen LogP contribution >= 0.6 is 15.9 Å². The molecule has 0 saturated heterocycles. The van der Waals surface area contributed by atoms with Crippen LogP contribution in [0.3, 0.4) is 0 Å². The molecule has 0 bridgehead atoms. The van der Waals surface area contributed by atoms with Gasteiger partial charge >= 0.3 is 12.1 Å². The Morgan fingerprint density at radius 3 is 2.23 bits per heavy atom. The number of carbonyl (C=O) groups excluding carboxylic acids is 2. The molecule has 0 fully saturated rings. The molecule has 4 rings (SSSR count). The van der Waals surface area contributed by atoms with E-state index in [9.17, 15) is 14.4 Å². The standard InChI is InChI=1S/C27H25BrN2O5/c28-18-13-17(26(33)29-12-6-5-11-25(31)32)14-19(15-18)30-27(34)35-16-24-22-9-3-1-7-20(22)21-8-2-4-10-23(21)24/h1-4,7-10,13-15,24H,5-6,11-12,16H2,(H,29,33)(H,30,34)(H,31,32). The van der Waals surface area contributed by atoms with Crippen molar-refractivity contribution in [3.63, 3.8) is 0 Å². The highest BCUT2D eigenvalue weighted by Gasteiger charge is 2.29. The number of amides is 2. The Labute approximate surface area is 211 Å². The molecule has 0 unspecified atom stereocenters. The summed E-state index contributed by atoms with van der Waals surface area (Å²) in [6, 6.07) is 21.1. The van der Waals surface area contributed by atoms with Crippen LogP contribution in [-0.2, 0) is 9.53 Å². The maximum atomic E-state index is 12.6. The maximum absolute atomic E-state index is 12.6. The fourth-order valence-electron chi connectivity index (χ4n) is 4.25. The van der Waals surface area contributed by atoms with Crippen LogP contribution in [0.1, 0.15) is 46.7 Å². The maximum Gasteiger partial charge on any atom is 0.411 e. The molecule has 0 saturated carbocycles. The van der Waals surface area contributed by atoms with Crippen LogP contribution in [-0.4, -0.2) is 36.2 Å². The summed E-state index contributed by atoms with van der Waals surface area (Å²) >= 11 is 3.37. The van der Waals surface area contributed by atoms with E-state index >= 15 is 0 Å². The largest absolute Gasteiger partial charge is 0.481 e. The molecule has 2 amide bonds. The van der Waals surface area contributed by atoms with Gasteiger partial charge in [-0.3, -0.25) is 14.9 Å². The van der Waals surface area contributed by atoms with E-state index in [1.54, 1.807) is 18.2 Å². The number of carboxylic acids is 1. The molecule has 35 heavy (non-hydrogen) atoms. The number of aliphatic carboxylic acids is 1. The number of halogens is 1. The van der Waals surface area contributed by atoms with E-state index in [1.165, 1.54) is 0 Å². The fraction of sp³-hybridized carbons (Fsp3) is 0.222. The second-order valence-electron chi connectivity index (χ2n) is 8.29. The number of nitrogens with one attached hydrogen (secondary N) is 2. The summed E-state index contributed by atoms with van der Waals surface area (Å²) < 4.78 is 6.21. The topological polar surface area (TPSA) is 105 Å². The number of anilines is 1. The van der Waals surface area contributed by atoms with E-state index in [0.717, 1.165) is 22.3 Å². The van der Waals surface area contributed by atoms with E-state index in [-0.39, 0.29) is 24.9 Å². The van der Waals surface area contributed by atoms with E-state index in [4.69, 9.17) is 9.84 Å². The minimum absolute atomic E-state index is 0.0434. The monoisotopic (exact) mass is 536 g/mol. The van der Waals surface area contributed by atoms with Crippen LogP contribution in [0.4, 0.5) is 10.5 Å². The van der Waals surface area contributed by atoms with Gasteiger partial charge < -0.3 is 15.2 Å². The van der Waals surface area contributed by atoms with Gasteiger partial charge in [0.15, 0.2) is 0 Å². The third kappa shape index (κ3) is 6.08. The van der Waals surface area contributed by atoms with Crippen molar-refractivity contribution in [3.8, 4) is 11.1 Å². The van der Waals surface area contributed by atoms with Crippen LogP contribution in [0.2, 0.25) is 0 Å². The predicted octanol–water partition coefficient (Wildman–Crippen LogP) is 5.79. The normalized spacial score (nSPS) is 11.9. The molecule has 0 atom stereocenters. The number of ether oxygens (including phenoxy) is 1. The van der Waals surface area contributed by atoms with Gasteiger partial charge in [0.1, 0.15) is 6.61 Å². The summed E-state index contributed by atoms with van der Waals surface area (Å²) in [5.41, 5.74) is 5.36. The molecule has 7 nitrogen and oxygen atoms in total. The molecule has 0 aromatic heterocycles. The molecular weight excluding hydrogens is 512 g/mol. The first-order valence-corrected chi connectivity index (χ1v) is 12.1. The van der Waals surface area contributed by atoms with Gasteiger partial charge in [0, 0.05) is 34.6 Å². The summed E-state index contributed by atoms with van der Waals surface area (Å²) in [5, 5.41) is 14.1. The Bertz CT molecular complexity index is 1210. The van der Waals surface area contributed by atoms with Gasteiger partial charge in [-0.05, 0) is 53.3 Å². The lowest BCUT2D eigenvalue weighted by Gasteiger charge is -2.15. The van der Waals surface area contributed by atoms with Gasteiger partial charge in [-0.1, -0.05) is 64.5 Å². The number of carboxylic acid groups (broad SMARTS) is 1. The average molecular weight is 537 g/mol. The number of carbonyl (C=O) groups is 3. The minimum Gasteiger partial charge on any atom is -0.481 e. The molecule has 0 radical (unpaired) electrons. The van der Waals surface area contributed by atoms with Gasteiger partial charge in [0.2, 0.25) is 0 Å². The van der Waals surface area contributed by atoms with Crippen LogP contribution in [0.25, 0.3) is 11.1 Å². The van der Waals surface area contributed by atoms with Gasteiger partial charge in [-0.25, -0.2) is 4.79 Å². The highest BCUT2D eigenvalue weighted by atomic mass is 79.9. The van der Waals surface area contributed by atoms with E-state index in [0.29, 0.717) is 35.1 Å². The number of unbranched alkanes of at least 4 members (excludes halogenated alkanes) is 1. The highest BCUT2D eigenvalue weighted by molar-refractivity contribution is 9.10. The number of fused-ring (bicyclic) bond motifs is 3. The summed E-state index contributed by atoms with van der Waals surface area (Å²) in [4.78, 5) is 35.6. The van der Waals surface area contributed by atoms with Gasteiger partial charge in [0.05, 0.1) is 0 Å². The second-order valence-corrected chi connectivity index (χ2v) is 9.20. The van der Waals surface area contributed by atoms with Crippen molar-refractivity contribution >= 4 is 39.6 Å². The van der Waals surface area contributed by atoms with Crippen molar-refractivity contribution in [1.29, 1.82) is 0 Å². The van der Waals surface area contributed by atoms with Crippen molar-refractivity contribution in [1.82, 2.24) is 5.32 Å². The molecule has 0 aliphatic heterocycles. The van der Waals surface area contributed by atoms with Crippen molar-refractivity contribution in [2.75, 3.05) is 18.5 Å². The Hall–Kier alpha value is -3.65. The molecular formula is C27H25BrN2O5. The Kier molecular flexibility index (Phi) is 7.82. The average Bonchev–Trinajstić information content (AvgIpc) is 3.15. The summed E-state index contributed by atoms with van der Waals surface area (Å²) in [6.07, 6.45) is 0.519. The molecule has 0 spiro atoms. The zero-order valence-electron chi connectivity index (χ0n) is 18.9. The van der Waals surface area contributed by atoms with Gasteiger partial charge in [0.25, 0.3) is 5.91 Å². The van der Waals surface area contributed by atoms with E-state index in [1.807, 2.05) is 24.3 Å². The van der Waals surface area contributed by atoms with Crippen LogP contribution in [0, 0.1) is 0 Å². The lowest BCUT2D eigenvalue weighted by Crippen LogP contribution is -2.25. The smallest absolute Gasteiger partial charge is 0.411 e. The third-order valence-electron chi connectivity index (χ3n) is 5.85. The minimum atomic E-state index is -0.854. The molecule has 180 valence electrons. The third-order valence-corrected chi connectivity index (χ3v) is 6.31. The molecule has 3 N–H and O–H groups in total. The Balaban J connectivity index is 1.35. The molecule has 3 aromatic carbocycles. The van der Waals surface area contributed by atoms with Crippen LogP contribution in [0.15, 0.2) is 71.2 Å². The Morgan fingerprint density at radius 1 is 0.914 bits per heavy atom. The lowest BCUT2D eigenvalue weighted by atomic mass is 9.98. The molecule has 0 heterocycles. The first-order valence-electron chi connectivity index (χ1n) is 11.3. The number of hydrogen-bond donors (Lipinski definition) is 3. The molecule has 1 aliphatic carbocycles. The van der Waals surface area contributed by atoms with E-state index < -0.39 is 12.1 Å². The second kappa shape index (κ2) is 11.2. The quantitative estimate of drug-likeness (QED) is 0.300. The molecule has 8 heteroatoms. The van der Waals surface area contributed by atoms with Crippen molar-refractivity contribution in [2.45, 2.75) is 25.2 Å². The fourth-order valence-corrected chi connectivity index (χ4v) is 4.74. The van der Waals surface area contributed by atoms with Gasteiger partial charge in [-0.15, -0.1) is 0 Å². The lowest BCUT2D eigenvalue weighted by molar-refractivity contribution is -0.137. The van der Waals surface area contributed by atoms with Crippen LogP contribution in [0.5, 0.6) is 0 Å². The first-order chi connectivity index (χ1) is 16.9. The van der Waals surface area contributed by atoms with Crippen molar-refractivity contribution in [3.05, 3.63) is 87.9 Å². The van der Waals surface area contributed by atoms with Crippen molar-refractivity contribution in [2.24, 2.45) is 0 Å². The SMILES string of the molecule is O=C(O)CCCCNC(=O)c1cc(Br)cc(NC(=O)OCC2c3ccccc3-c3ccccc32)c1. The molecule has 1 aliphatic rings. The van der Waals surface area contributed by atoms with Crippen LogP contribution < -0.4 is 10.6 Å². The zero-order chi connectivity index (χ0) is 24.8. The molecule has 3 aromatic rings.